The summed E-state index contributed by atoms with van der Waals surface area (Å²) in [6.45, 7) is 7.19. The van der Waals surface area contributed by atoms with Crippen molar-refractivity contribution >= 4 is 9.84 Å². The van der Waals surface area contributed by atoms with Crippen molar-refractivity contribution < 1.29 is 8.42 Å². The van der Waals surface area contributed by atoms with Crippen molar-refractivity contribution in [3.63, 3.8) is 0 Å². The first-order valence-corrected chi connectivity index (χ1v) is 7.85. The summed E-state index contributed by atoms with van der Waals surface area (Å²) in [4.78, 5) is 0. The Morgan fingerprint density at radius 1 is 1.50 bits per heavy atom. The highest BCUT2D eigenvalue weighted by Gasteiger charge is 2.32. The molecule has 0 aliphatic carbocycles. The molecule has 1 fully saturated rings. The first-order chi connectivity index (χ1) is 7.44. The molecule has 0 aromatic carbocycles. The summed E-state index contributed by atoms with van der Waals surface area (Å²) in [7, 11) is -2.77. The summed E-state index contributed by atoms with van der Waals surface area (Å²) in [6.07, 6.45) is 4.04. The van der Waals surface area contributed by atoms with E-state index in [4.69, 9.17) is 0 Å². The SMILES string of the molecule is CCCNC(C=C(C)C)C1CCS(=O)(=O)C1. The van der Waals surface area contributed by atoms with Gasteiger partial charge in [0.05, 0.1) is 11.5 Å². The average molecular weight is 245 g/mol. The maximum atomic E-state index is 11.5. The van der Waals surface area contributed by atoms with Crippen molar-refractivity contribution in [2.75, 3.05) is 18.1 Å². The Hall–Kier alpha value is -0.350. The van der Waals surface area contributed by atoms with Crippen LogP contribution in [0.5, 0.6) is 0 Å². The molecule has 1 N–H and O–H groups in total. The lowest BCUT2D eigenvalue weighted by Gasteiger charge is -2.21. The number of sulfone groups is 1. The third kappa shape index (κ3) is 4.26. The fourth-order valence-electron chi connectivity index (χ4n) is 2.14. The number of hydrogen-bond acceptors (Lipinski definition) is 3. The number of rotatable bonds is 5. The maximum absolute atomic E-state index is 11.5. The minimum Gasteiger partial charge on any atom is -0.310 e. The van der Waals surface area contributed by atoms with E-state index in [-0.39, 0.29) is 12.0 Å². The smallest absolute Gasteiger partial charge is 0.150 e. The molecule has 0 bridgehead atoms. The summed E-state index contributed by atoms with van der Waals surface area (Å²) in [5.74, 6) is 0.961. The normalized spacial score (nSPS) is 25.3. The van der Waals surface area contributed by atoms with Gasteiger partial charge < -0.3 is 5.32 Å². The van der Waals surface area contributed by atoms with Gasteiger partial charge in [-0.05, 0) is 39.2 Å². The van der Waals surface area contributed by atoms with E-state index < -0.39 is 9.84 Å². The highest BCUT2D eigenvalue weighted by Crippen LogP contribution is 2.23. The molecular formula is C12H23NO2S. The maximum Gasteiger partial charge on any atom is 0.150 e. The lowest BCUT2D eigenvalue weighted by Crippen LogP contribution is -2.36. The molecule has 0 aromatic heterocycles. The molecule has 1 rings (SSSR count). The van der Waals surface area contributed by atoms with Crippen LogP contribution in [0.25, 0.3) is 0 Å². The molecule has 0 saturated carbocycles. The molecule has 0 radical (unpaired) electrons. The highest BCUT2D eigenvalue weighted by atomic mass is 32.2. The quantitative estimate of drug-likeness (QED) is 0.751. The minimum absolute atomic E-state index is 0.224. The van der Waals surface area contributed by atoms with Crippen molar-refractivity contribution in [3.05, 3.63) is 11.6 Å². The molecule has 2 unspecified atom stereocenters. The van der Waals surface area contributed by atoms with Crippen molar-refractivity contribution in [1.82, 2.24) is 5.32 Å². The monoisotopic (exact) mass is 245 g/mol. The van der Waals surface area contributed by atoms with Crippen LogP contribution in [-0.4, -0.2) is 32.5 Å². The molecule has 3 nitrogen and oxygen atoms in total. The van der Waals surface area contributed by atoms with E-state index in [0.29, 0.717) is 11.5 Å². The van der Waals surface area contributed by atoms with Gasteiger partial charge in [-0.3, -0.25) is 0 Å². The van der Waals surface area contributed by atoms with Crippen LogP contribution in [0.2, 0.25) is 0 Å². The van der Waals surface area contributed by atoms with E-state index in [1.807, 2.05) is 0 Å². The van der Waals surface area contributed by atoms with Gasteiger partial charge in [0.25, 0.3) is 0 Å². The van der Waals surface area contributed by atoms with Crippen LogP contribution < -0.4 is 5.32 Å². The van der Waals surface area contributed by atoms with E-state index in [0.717, 1.165) is 19.4 Å². The molecule has 0 amide bonds. The second kappa shape index (κ2) is 5.82. The van der Waals surface area contributed by atoms with Gasteiger partial charge in [-0.15, -0.1) is 0 Å². The Balaban J connectivity index is 2.66. The van der Waals surface area contributed by atoms with Crippen molar-refractivity contribution in [1.29, 1.82) is 0 Å². The zero-order valence-corrected chi connectivity index (χ0v) is 11.3. The lowest BCUT2D eigenvalue weighted by atomic mass is 9.97. The summed E-state index contributed by atoms with van der Waals surface area (Å²) in [6, 6.07) is 0.224. The predicted octanol–water partition coefficient (Wildman–Crippen LogP) is 1.76. The lowest BCUT2D eigenvalue weighted by molar-refractivity contribution is 0.439. The zero-order chi connectivity index (χ0) is 12.2. The van der Waals surface area contributed by atoms with E-state index in [9.17, 15) is 8.42 Å². The van der Waals surface area contributed by atoms with Crippen LogP contribution in [0.4, 0.5) is 0 Å². The van der Waals surface area contributed by atoms with E-state index >= 15 is 0 Å². The Bertz CT molecular complexity index is 342. The number of nitrogens with one attached hydrogen (secondary N) is 1. The summed E-state index contributed by atoms with van der Waals surface area (Å²) in [5, 5.41) is 3.44. The van der Waals surface area contributed by atoms with Crippen LogP contribution in [0.3, 0.4) is 0 Å². The van der Waals surface area contributed by atoms with E-state index in [2.05, 4.69) is 32.2 Å². The van der Waals surface area contributed by atoms with Crippen LogP contribution in [0.15, 0.2) is 11.6 Å². The van der Waals surface area contributed by atoms with Crippen LogP contribution in [0, 0.1) is 5.92 Å². The Kier molecular flexibility index (Phi) is 4.99. The van der Waals surface area contributed by atoms with E-state index in [1.54, 1.807) is 0 Å². The van der Waals surface area contributed by atoms with Crippen molar-refractivity contribution in [3.8, 4) is 0 Å². The molecular weight excluding hydrogens is 222 g/mol. The zero-order valence-electron chi connectivity index (χ0n) is 10.5. The fourth-order valence-corrected chi connectivity index (χ4v) is 3.99. The Morgan fingerprint density at radius 2 is 2.19 bits per heavy atom. The van der Waals surface area contributed by atoms with Gasteiger partial charge in [0.2, 0.25) is 0 Å². The van der Waals surface area contributed by atoms with Crippen LogP contribution >= 0.6 is 0 Å². The van der Waals surface area contributed by atoms with Gasteiger partial charge in [0.15, 0.2) is 9.84 Å². The second-order valence-electron chi connectivity index (χ2n) is 4.89. The molecule has 0 spiro atoms. The molecule has 4 heteroatoms. The van der Waals surface area contributed by atoms with E-state index in [1.165, 1.54) is 5.57 Å². The average Bonchev–Trinajstić information content (AvgIpc) is 2.52. The van der Waals surface area contributed by atoms with Crippen LogP contribution in [-0.2, 0) is 9.84 Å². The molecule has 1 heterocycles. The molecule has 1 saturated heterocycles. The molecule has 1 aliphatic rings. The van der Waals surface area contributed by atoms with Crippen molar-refractivity contribution in [2.24, 2.45) is 5.92 Å². The first kappa shape index (κ1) is 13.7. The topological polar surface area (TPSA) is 46.2 Å². The summed E-state index contributed by atoms with van der Waals surface area (Å²) >= 11 is 0. The largest absolute Gasteiger partial charge is 0.310 e. The molecule has 94 valence electrons. The number of hydrogen-bond donors (Lipinski definition) is 1. The summed E-state index contributed by atoms with van der Waals surface area (Å²) in [5.41, 5.74) is 1.25. The molecule has 2 atom stereocenters. The molecule has 1 aliphatic heterocycles. The van der Waals surface area contributed by atoms with Gasteiger partial charge in [-0.2, -0.15) is 0 Å². The van der Waals surface area contributed by atoms with Gasteiger partial charge in [-0.1, -0.05) is 18.6 Å². The molecule has 16 heavy (non-hydrogen) atoms. The second-order valence-corrected chi connectivity index (χ2v) is 7.12. The standard InChI is InChI=1S/C12H23NO2S/c1-4-6-13-12(8-10(2)3)11-5-7-16(14,15)9-11/h8,11-13H,4-7,9H2,1-3H3. The fraction of sp³-hybridized carbons (Fsp3) is 0.833. The predicted molar refractivity (Wildman–Crippen MR) is 68.3 cm³/mol. The Labute approximate surface area is 99.2 Å². The van der Waals surface area contributed by atoms with Gasteiger partial charge in [0, 0.05) is 6.04 Å². The minimum atomic E-state index is -2.77. The third-order valence-electron chi connectivity index (χ3n) is 2.92. The summed E-state index contributed by atoms with van der Waals surface area (Å²) < 4.78 is 22.9. The highest BCUT2D eigenvalue weighted by molar-refractivity contribution is 7.91. The van der Waals surface area contributed by atoms with Gasteiger partial charge in [0.1, 0.15) is 0 Å². The number of allylic oxidation sites excluding steroid dienone is 1. The van der Waals surface area contributed by atoms with Crippen LogP contribution in [0.1, 0.15) is 33.6 Å². The van der Waals surface area contributed by atoms with Gasteiger partial charge >= 0.3 is 0 Å². The first-order valence-electron chi connectivity index (χ1n) is 6.03. The Morgan fingerprint density at radius 3 is 2.62 bits per heavy atom. The van der Waals surface area contributed by atoms with Gasteiger partial charge in [-0.25, -0.2) is 8.42 Å². The third-order valence-corrected chi connectivity index (χ3v) is 4.71. The van der Waals surface area contributed by atoms with Crippen molar-refractivity contribution in [2.45, 2.75) is 39.7 Å². The molecule has 0 aromatic rings.